The molecular weight excluding hydrogens is 220 g/mol. The van der Waals surface area contributed by atoms with Gasteiger partial charge in [-0.2, -0.15) is 15.0 Å². The van der Waals surface area contributed by atoms with E-state index in [2.05, 4.69) is 25.4 Å². The molecule has 17 heavy (non-hydrogen) atoms. The van der Waals surface area contributed by atoms with Crippen LogP contribution in [0.25, 0.3) is 11.4 Å². The van der Waals surface area contributed by atoms with Crippen LogP contribution in [0.1, 0.15) is 0 Å². The number of hydrogen-bond acceptors (Lipinski definition) is 6. The molecular formula is C10H8N6O. The van der Waals surface area contributed by atoms with E-state index >= 15 is 0 Å². The predicted octanol–water partition coefficient (Wildman–Crippen LogP) is 1.77. The number of nitrogens with zero attached hydrogens (tertiary/aromatic N) is 4. The average molecular weight is 228 g/mol. The molecule has 0 aliphatic carbocycles. The van der Waals surface area contributed by atoms with Crippen LogP contribution in [-0.4, -0.2) is 21.4 Å². The van der Waals surface area contributed by atoms with Crippen LogP contribution < -0.4 is 5.32 Å². The Morgan fingerprint density at radius 2 is 1.94 bits per heavy atom. The summed E-state index contributed by atoms with van der Waals surface area (Å²) in [4.78, 5) is 22.1. The van der Waals surface area contributed by atoms with Crippen molar-refractivity contribution in [2.45, 2.75) is 0 Å². The van der Waals surface area contributed by atoms with Gasteiger partial charge in [-0.15, -0.1) is 5.11 Å². The normalized spacial score (nSPS) is 9.65. The number of aromatic nitrogens is 3. The molecule has 84 valence electrons. The first kappa shape index (κ1) is 10.8. The Bertz CT molecular complexity index is 542. The van der Waals surface area contributed by atoms with Gasteiger partial charge in [-0.25, -0.2) is 5.53 Å². The van der Waals surface area contributed by atoms with Gasteiger partial charge in [0.2, 0.25) is 12.4 Å². The number of carbonyl (C=O) groups is 1. The van der Waals surface area contributed by atoms with Gasteiger partial charge < -0.3 is 0 Å². The van der Waals surface area contributed by atoms with Crippen molar-refractivity contribution in [3.8, 4) is 11.4 Å². The minimum Gasteiger partial charge on any atom is -0.297 e. The van der Waals surface area contributed by atoms with E-state index in [1.165, 1.54) is 0 Å². The third-order valence-electron chi connectivity index (χ3n) is 1.94. The zero-order valence-corrected chi connectivity index (χ0v) is 8.66. The van der Waals surface area contributed by atoms with Crippen molar-refractivity contribution >= 4 is 18.3 Å². The number of rotatable bonds is 4. The summed E-state index contributed by atoms with van der Waals surface area (Å²) in [7, 11) is 0. The largest absolute Gasteiger partial charge is 0.297 e. The van der Waals surface area contributed by atoms with Gasteiger partial charge in [-0.1, -0.05) is 30.3 Å². The van der Waals surface area contributed by atoms with Gasteiger partial charge in [0.15, 0.2) is 5.82 Å². The molecule has 1 aromatic carbocycles. The van der Waals surface area contributed by atoms with Crippen LogP contribution in [0.4, 0.5) is 11.9 Å². The number of benzene rings is 1. The maximum Gasteiger partial charge on any atom is 0.273 e. The molecule has 2 aromatic rings. The zero-order valence-electron chi connectivity index (χ0n) is 8.66. The summed E-state index contributed by atoms with van der Waals surface area (Å²) >= 11 is 0. The van der Waals surface area contributed by atoms with Crippen LogP contribution in [-0.2, 0) is 4.79 Å². The van der Waals surface area contributed by atoms with Crippen molar-refractivity contribution in [3.63, 3.8) is 0 Å². The molecule has 7 heteroatoms. The lowest BCUT2D eigenvalue weighted by Gasteiger charge is -2.02. The van der Waals surface area contributed by atoms with Gasteiger partial charge in [-0.05, 0) is 0 Å². The van der Waals surface area contributed by atoms with Crippen molar-refractivity contribution in [3.05, 3.63) is 30.3 Å². The summed E-state index contributed by atoms with van der Waals surface area (Å²) in [6.45, 7) is 0. The van der Waals surface area contributed by atoms with Crippen LogP contribution in [0.15, 0.2) is 35.4 Å². The first-order valence-corrected chi connectivity index (χ1v) is 4.72. The minimum absolute atomic E-state index is 0.0526. The number of hydrogen-bond donors (Lipinski definition) is 2. The zero-order chi connectivity index (χ0) is 12.1. The summed E-state index contributed by atoms with van der Waals surface area (Å²) in [5, 5.41) is 5.44. The molecule has 2 N–H and O–H groups in total. The maximum absolute atomic E-state index is 10.3. The van der Waals surface area contributed by atoms with Crippen molar-refractivity contribution in [2.75, 3.05) is 5.32 Å². The van der Waals surface area contributed by atoms with E-state index in [4.69, 9.17) is 5.53 Å². The van der Waals surface area contributed by atoms with Gasteiger partial charge in [0.25, 0.3) is 5.95 Å². The lowest BCUT2D eigenvalue weighted by atomic mass is 10.2. The van der Waals surface area contributed by atoms with Crippen LogP contribution >= 0.6 is 0 Å². The van der Waals surface area contributed by atoms with E-state index in [1.807, 2.05) is 30.3 Å². The lowest BCUT2D eigenvalue weighted by Crippen LogP contribution is -2.02. The van der Waals surface area contributed by atoms with Crippen LogP contribution in [0.2, 0.25) is 0 Å². The Balaban J connectivity index is 2.50. The highest BCUT2D eigenvalue weighted by Gasteiger charge is 2.07. The van der Waals surface area contributed by atoms with E-state index < -0.39 is 0 Å². The number of nitrogens with one attached hydrogen (secondary N) is 2. The predicted molar refractivity (Wildman–Crippen MR) is 59.8 cm³/mol. The average Bonchev–Trinajstić information content (AvgIpc) is 2.40. The fourth-order valence-electron chi connectivity index (χ4n) is 1.25. The highest BCUT2D eigenvalue weighted by molar-refractivity contribution is 5.68. The smallest absolute Gasteiger partial charge is 0.273 e. The summed E-state index contributed by atoms with van der Waals surface area (Å²) in [5.41, 5.74) is 7.65. The van der Waals surface area contributed by atoms with E-state index in [9.17, 15) is 4.79 Å². The molecule has 0 aliphatic heterocycles. The quantitative estimate of drug-likeness (QED) is 0.614. The van der Waals surface area contributed by atoms with Crippen molar-refractivity contribution in [2.24, 2.45) is 5.11 Å². The molecule has 0 saturated heterocycles. The molecule has 0 bridgehead atoms. The molecule has 0 radical (unpaired) electrons. The van der Waals surface area contributed by atoms with E-state index in [0.29, 0.717) is 12.2 Å². The van der Waals surface area contributed by atoms with E-state index in [1.54, 1.807) is 0 Å². The highest BCUT2D eigenvalue weighted by atomic mass is 16.1. The monoisotopic (exact) mass is 228 g/mol. The van der Waals surface area contributed by atoms with Crippen LogP contribution in [0.3, 0.4) is 0 Å². The molecule has 0 spiro atoms. The molecule has 2 rings (SSSR count). The molecule has 0 atom stereocenters. The summed E-state index contributed by atoms with van der Waals surface area (Å²) in [5.74, 6) is 0.374. The third kappa shape index (κ3) is 2.46. The maximum atomic E-state index is 10.3. The number of amides is 1. The molecule has 1 heterocycles. The molecule has 0 saturated carbocycles. The molecule has 1 amide bonds. The molecule has 0 unspecified atom stereocenters. The van der Waals surface area contributed by atoms with Gasteiger partial charge in [0.1, 0.15) is 0 Å². The second kappa shape index (κ2) is 4.88. The summed E-state index contributed by atoms with van der Waals surface area (Å²) in [6, 6.07) is 9.17. The Hall–Kier alpha value is -2.70. The Morgan fingerprint density at radius 3 is 2.59 bits per heavy atom. The van der Waals surface area contributed by atoms with Crippen molar-refractivity contribution in [1.29, 1.82) is 5.53 Å². The topological polar surface area (TPSA) is 104 Å². The molecule has 7 nitrogen and oxygen atoms in total. The summed E-state index contributed by atoms with van der Waals surface area (Å²) < 4.78 is 0. The van der Waals surface area contributed by atoms with Crippen molar-refractivity contribution in [1.82, 2.24) is 15.0 Å². The second-order valence-corrected chi connectivity index (χ2v) is 3.02. The Kier molecular flexibility index (Phi) is 3.10. The second-order valence-electron chi connectivity index (χ2n) is 3.02. The van der Waals surface area contributed by atoms with Gasteiger partial charge in [-0.3, -0.25) is 10.1 Å². The highest BCUT2D eigenvalue weighted by Crippen LogP contribution is 2.18. The fourth-order valence-corrected chi connectivity index (χ4v) is 1.25. The van der Waals surface area contributed by atoms with E-state index in [-0.39, 0.29) is 11.9 Å². The fraction of sp³-hybridized carbons (Fsp3) is 0. The first-order valence-electron chi connectivity index (χ1n) is 4.72. The molecule has 0 aliphatic rings. The SMILES string of the molecule is N=Nc1nc(NC=O)nc(-c2ccccc2)n1. The summed E-state index contributed by atoms with van der Waals surface area (Å²) in [6.07, 6.45) is 0.456. The standard InChI is InChI=1S/C10H8N6O/c11-16-10-14-8(7-4-2-1-3-5-7)13-9(15-10)12-6-17/h1-6,11H,(H,12,13,14,15,17). The third-order valence-corrected chi connectivity index (χ3v) is 1.94. The van der Waals surface area contributed by atoms with Crippen molar-refractivity contribution < 1.29 is 4.79 Å². The number of carbonyl (C=O) groups excluding carboxylic acids is 1. The Labute approximate surface area is 96.5 Å². The lowest BCUT2D eigenvalue weighted by molar-refractivity contribution is -0.105. The van der Waals surface area contributed by atoms with Gasteiger partial charge >= 0.3 is 0 Å². The van der Waals surface area contributed by atoms with Crippen LogP contribution in [0.5, 0.6) is 0 Å². The minimum atomic E-state index is -0.0526. The number of anilines is 1. The van der Waals surface area contributed by atoms with Gasteiger partial charge in [0, 0.05) is 5.56 Å². The van der Waals surface area contributed by atoms with Gasteiger partial charge in [0.05, 0.1) is 0 Å². The van der Waals surface area contributed by atoms with Crippen LogP contribution in [0, 0.1) is 5.53 Å². The van der Waals surface area contributed by atoms with E-state index in [0.717, 1.165) is 5.56 Å². The Morgan fingerprint density at radius 1 is 1.18 bits per heavy atom. The molecule has 0 fully saturated rings. The molecule has 1 aromatic heterocycles. The first-order chi connectivity index (χ1) is 8.33.